The SMILES string of the molecule is Nc1c(NCCc2ccccc2F)nc[nH]c1=O. The summed E-state index contributed by atoms with van der Waals surface area (Å²) >= 11 is 0. The van der Waals surface area contributed by atoms with Gasteiger partial charge in [0.25, 0.3) is 5.56 Å². The topological polar surface area (TPSA) is 83.8 Å². The molecule has 0 bridgehead atoms. The molecule has 0 aliphatic rings. The fraction of sp³-hybridized carbons (Fsp3) is 0.167. The van der Waals surface area contributed by atoms with Crippen molar-refractivity contribution in [2.24, 2.45) is 0 Å². The highest BCUT2D eigenvalue weighted by Crippen LogP contribution is 2.10. The number of hydrogen-bond donors (Lipinski definition) is 3. The first kappa shape index (κ1) is 12.1. The van der Waals surface area contributed by atoms with E-state index >= 15 is 0 Å². The molecule has 5 nitrogen and oxygen atoms in total. The van der Waals surface area contributed by atoms with Crippen molar-refractivity contribution < 1.29 is 4.39 Å². The molecule has 0 saturated heterocycles. The zero-order valence-electron chi connectivity index (χ0n) is 9.61. The lowest BCUT2D eigenvalue weighted by Gasteiger charge is -2.07. The number of benzene rings is 1. The summed E-state index contributed by atoms with van der Waals surface area (Å²) in [5.74, 6) is 0.0706. The van der Waals surface area contributed by atoms with Gasteiger partial charge < -0.3 is 16.0 Å². The Labute approximate surface area is 103 Å². The van der Waals surface area contributed by atoms with E-state index in [2.05, 4.69) is 15.3 Å². The number of aromatic nitrogens is 2. The maximum Gasteiger partial charge on any atom is 0.276 e. The molecule has 0 spiro atoms. The van der Waals surface area contributed by atoms with Crippen LogP contribution in [-0.4, -0.2) is 16.5 Å². The Morgan fingerprint density at radius 3 is 2.94 bits per heavy atom. The fourth-order valence-corrected chi connectivity index (χ4v) is 1.57. The number of H-pyrrole nitrogens is 1. The van der Waals surface area contributed by atoms with Gasteiger partial charge >= 0.3 is 0 Å². The summed E-state index contributed by atoms with van der Waals surface area (Å²) in [4.78, 5) is 17.5. The molecule has 0 fully saturated rings. The second kappa shape index (κ2) is 5.31. The standard InChI is InChI=1S/C12H13FN4O/c13-9-4-2-1-3-8(9)5-6-15-11-10(14)12(18)17-7-16-11/h1-4,7H,5-6,14H2,(H2,15,16,17,18). The minimum Gasteiger partial charge on any atom is -0.391 e. The molecule has 0 saturated carbocycles. The molecule has 2 aromatic rings. The number of rotatable bonds is 4. The summed E-state index contributed by atoms with van der Waals surface area (Å²) in [5.41, 5.74) is 5.80. The van der Waals surface area contributed by atoms with Crippen LogP contribution >= 0.6 is 0 Å². The van der Waals surface area contributed by atoms with Crippen LogP contribution in [0.5, 0.6) is 0 Å². The van der Waals surface area contributed by atoms with E-state index in [1.165, 1.54) is 12.4 Å². The Hall–Kier alpha value is -2.37. The quantitative estimate of drug-likeness (QED) is 0.757. The summed E-state index contributed by atoms with van der Waals surface area (Å²) in [6.45, 7) is 0.446. The number of nitrogens with zero attached hydrogens (tertiary/aromatic N) is 1. The maximum absolute atomic E-state index is 13.3. The second-order valence-electron chi connectivity index (χ2n) is 3.76. The van der Waals surface area contributed by atoms with E-state index < -0.39 is 5.56 Å². The molecule has 0 amide bonds. The largest absolute Gasteiger partial charge is 0.391 e. The van der Waals surface area contributed by atoms with Gasteiger partial charge in [-0.2, -0.15) is 0 Å². The molecule has 94 valence electrons. The van der Waals surface area contributed by atoms with Crippen LogP contribution in [0.25, 0.3) is 0 Å². The molecule has 1 aromatic heterocycles. The third kappa shape index (κ3) is 2.65. The predicted molar refractivity (Wildman–Crippen MR) is 67.9 cm³/mol. The average Bonchev–Trinajstić information content (AvgIpc) is 2.37. The average molecular weight is 248 g/mol. The van der Waals surface area contributed by atoms with Gasteiger partial charge in [0.2, 0.25) is 0 Å². The summed E-state index contributed by atoms with van der Waals surface area (Å²) in [5, 5.41) is 2.91. The Kier molecular flexibility index (Phi) is 3.57. The minimum atomic E-state index is -0.390. The molecule has 4 N–H and O–H groups in total. The number of anilines is 2. The highest BCUT2D eigenvalue weighted by atomic mass is 19.1. The van der Waals surface area contributed by atoms with Crippen molar-refractivity contribution in [3.63, 3.8) is 0 Å². The van der Waals surface area contributed by atoms with Gasteiger partial charge in [0, 0.05) is 6.54 Å². The Morgan fingerprint density at radius 1 is 1.39 bits per heavy atom. The normalized spacial score (nSPS) is 10.3. The number of nitrogens with one attached hydrogen (secondary N) is 2. The first-order chi connectivity index (χ1) is 8.68. The van der Waals surface area contributed by atoms with Crippen LogP contribution in [0.15, 0.2) is 35.4 Å². The molecule has 18 heavy (non-hydrogen) atoms. The first-order valence-corrected chi connectivity index (χ1v) is 5.49. The van der Waals surface area contributed by atoms with Crippen LogP contribution in [-0.2, 0) is 6.42 Å². The van der Waals surface area contributed by atoms with E-state index in [9.17, 15) is 9.18 Å². The van der Waals surface area contributed by atoms with Crippen molar-refractivity contribution in [3.05, 3.63) is 52.3 Å². The number of halogens is 1. The second-order valence-corrected chi connectivity index (χ2v) is 3.76. The van der Waals surface area contributed by atoms with Gasteiger partial charge in [0.1, 0.15) is 11.5 Å². The summed E-state index contributed by atoms with van der Waals surface area (Å²) in [6.07, 6.45) is 1.75. The molecule has 1 heterocycles. The van der Waals surface area contributed by atoms with Gasteiger partial charge in [0.15, 0.2) is 5.82 Å². The van der Waals surface area contributed by atoms with Gasteiger partial charge in [0.05, 0.1) is 6.33 Å². The smallest absolute Gasteiger partial charge is 0.276 e. The predicted octanol–water partition coefficient (Wildman–Crippen LogP) is 1.15. The van der Waals surface area contributed by atoms with E-state index in [1.807, 2.05) is 0 Å². The number of hydrogen-bond acceptors (Lipinski definition) is 4. The van der Waals surface area contributed by atoms with Crippen molar-refractivity contribution in [2.75, 3.05) is 17.6 Å². The van der Waals surface area contributed by atoms with E-state index in [4.69, 9.17) is 5.73 Å². The summed E-state index contributed by atoms with van der Waals surface area (Å²) in [6, 6.07) is 6.54. The monoisotopic (exact) mass is 248 g/mol. The third-order valence-corrected chi connectivity index (χ3v) is 2.53. The van der Waals surface area contributed by atoms with Crippen LogP contribution in [0.2, 0.25) is 0 Å². The number of nitrogens with two attached hydrogens (primary N) is 1. The van der Waals surface area contributed by atoms with Gasteiger partial charge in [-0.1, -0.05) is 18.2 Å². The van der Waals surface area contributed by atoms with Crippen molar-refractivity contribution in [1.82, 2.24) is 9.97 Å². The lowest BCUT2D eigenvalue weighted by molar-refractivity contribution is 0.610. The Morgan fingerprint density at radius 2 is 2.17 bits per heavy atom. The molecule has 0 aliphatic carbocycles. The molecule has 1 aromatic carbocycles. The van der Waals surface area contributed by atoms with Crippen LogP contribution in [0, 0.1) is 5.82 Å². The molecule has 0 radical (unpaired) electrons. The molecule has 2 rings (SSSR count). The lowest BCUT2D eigenvalue weighted by atomic mass is 10.1. The summed E-state index contributed by atoms with van der Waals surface area (Å²) in [7, 11) is 0. The number of nitrogen functional groups attached to an aromatic ring is 1. The molecular formula is C12H13FN4O. The van der Waals surface area contributed by atoms with Crippen LogP contribution in [0.4, 0.5) is 15.9 Å². The van der Waals surface area contributed by atoms with Gasteiger partial charge in [-0.3, -0.25) is 4.79 Å². The molecule has 0 atom stereocenters. The Bertz CT molecular complexity index is 597. The van der Waals surface area contributed by atoms with Crippen molar-refractivity contribution in [2.45, 2.75) is 6.42 Å². The molecular weight excluding hydrogens is 235 g/mol. The first-order valence-electron chi connectivity index (χ1n) is 5.49. The highest BCUT2D eigenvalue weighted by Gasteiger charge is 2.04. The number of aromatic amines is 1. The minimum absolute atomic E-state index is 0.0334. The summed E-state index contributed by atoms with van der Waals surface area (Å²) < 4.78 is 13.3. The van der Waals surface area contributed by atoms with Crippen LogP contribution < -0.4 is 16.6 Å². The van der Waals surface area contributed by atoms with Crippen molar-refractivity contribution in [1.29, 1.82) is 0 Å². The highest BCUT2D eigenvalue weighted by molar-refractivity contribution is 5.58. The van der Waals surface area contributed by atoms with Gasteiger partial charge in [-0.15, -0.1) is 0 Å². The third-order valence-electron chi connectivity index (χ3n) is 2.53. The van der Waals surface area contributed by atoms with Crippen LogP contribution in [0.1, 0.15) is 5.56 Å². The Balaban J connectivity index is 1.99. The molecule has 0 unspecified atom stereocenters. The van der Waals surface area contributed by atoms with E-state index in [0.29, 0.717) is 24.3 Å². The van der Waals surface area contributed by atoms with Gasteiger partial charge in [-0.05, 0) is 18.1 Å². The molecule has 6 heteroatoms. The van der Waals surface area contributed by atoms with Gasteiger partial charge in [-0.25, -0.2) is 9.37 Å². The zero-order chi connectivity index (χ0) is 13.0. The maximum atomic E-state index is 13.3. The molecule has 0 aliphatic heterocycles. The van der Waals surface area contributed by atoms with E-state index in [1.54, 1.807) is 18.2 Å². The van der Waals surface area contributed by atoms with Crippen LogP contribution in [0.3, 0.4) is 0 Å². The fourth-order valence-electron chi connectivity index (χ4n) is 1.57. The van der Waals surface area contributed by atoms with E-state index in [0.717, 1.165) is 0 Å². The van der Waals surface area contributed by atoms with Crippen molar-refractivity contribution >= 4 is 11.5 Å². The lowest BCUT2D eigenvalue weighted by Crippen LogP contribution is -2.17. The zero-order valence-corrected chi connectivity index (χ0v) is 9.61. The van der Waals surface area contributed by atoms with E-state index in [-0.39, 0.29) is 11.5 Å². The van der Waals surface area contributed by atoms with Crippen molar-refractivity contribution in [3.8, 4) is 0 Å².